The van der Waals surface area contributed by atoms with Gasteiger partial charge in [-0.15, -0.1) is 12.4 Å². The van der Waals surface area contributed by atoms with Gasteiger partial charge < -0.3 is 4.90 Å². The third-order valence-electron chi connectivity index (χ3n) is 1.87. The Morgan fingerprint density at radius 1 is 1.18 bits per heavy atom. The highest BCUT2D eigenvalue weighted by molar-refractivity contribution is 5.85. The largest absolute Gasteiger partial charge is 0.366 e. The Hall–Kier alpha value is -0.240. The first kappa shape index (κ1) is 10.8. The molecule has 0 spiro atoms. The fourth-order valence-electron chi connectivity index (χ4n) is 1.22. The quantitative estimate of drug-likeness (QED) is 0.551. The molecule has 1 aliphatic rings. The maximum atomic E-state index is 4.47. The summed E-state index contributed by atoms with van der Waals surface area (Å²) in [4.78, 5) is 6.60. The summed E-state index contributed by atoms with van der Waals surface area (Å²) in [6.45, 7) is 1.04. The smallest absolute Gasteiger partial charge is 0.0983 e. The molecule has 0 bridgehead atoms. The first-order chi connectivity index (χ1) is 4.80. The molecule has 0 aromatic rings. The lowest BCUT2D eigenvalue weighted by Gasteiger charge is -2.13. The van der Waals surface area contributed by atoms with Gasteiger partial charge in [-0.05, 0) is 12.8 Å². The molecule has 0 aromatic heterocycles. The lowest BCUT2D eigenvalue weighted by atomic mass is 10.2. The van der Waals surface area contributed by atoms with Crippen LogP contribution in [0.4, 0.5) is 0 Å². The van der Waals surface area contributed by atoms with Crippen molar-refractivity contribution in [3.05, 3.63) is 0 Å². The zero-order valence-electron chi connectivity index (χ0n) is 7.34. The number of amidine groups is 1. The number of hydrogen-bond donors (Lipinski definition) is 0. The minimum Gasteiger partial charge on any atom is -0.366 e. The van der Waals surface area contributed by atoms with Crippen molar-refractivity contribution in [3.63, 3.8) is 0 Å². The average molecular weight is 177 g/mol. The van der Waals surface area contributed by atoms with Crippen LogP contribution < -0.4 is 0 Å². The molecule has 11 heavy (non-hydrogen) atoms. The van der Waals surface area contributed by atoms with Crippen molar-refractivity contribution >= 4 is 18.2 Å². The monoisotopic (exact) mass is 176 g/mol. The predicted molar refractivity (Wildman–Crippen MR) is 51.7 cm³/mol. The van der Waals surface area contributed by atoms with Crippen molar-refractivity contribution in [1.29, 1.82) is 0 Å². The van der Waals surface area contributed by atoms with E-state index < -0.39 is 0 Å². The fraction of sp³-hybridized carbons (Fsp3) is 0.875. The van der Waals surface area contributed by atoms with Gasteiger partial charge in [0.2, 0.25) is 0 Å². The van der Waals surface area contributed by atoms with Crippen molar-refractivity contribution in [1.82, 2.24) is 4.90 Å². The van der Waals surface area contributed by atoms with Gasteiger partial charge in [0.25, 0.3) is 0 Å². The molecule has 0 aliphatic carbocycles. The van der Waals surface area contributed by atoms with Crippen molar-refractivity contribution in [2.45, 2.75) is 25.7 Å². The van der Waals surface area contributed by atoms with Gasteiger partial charge in [-0.1, -0.05) is 6.42 Å². The van der Waals surface area contributed by atoms with E-state index in [0.717, 1.165) is 6.54 Å². The molecule has 0 fully saturated rings. The van der Waals surface area contributed by atoms with Gasteiger partial charge >= 0.3 is 0 Å². The molecule has 2 nitrogen and oxygen atoms in total. The van der Waals surface area contributed by atoms with Gasteiger partial charge in [-0.25, -0.2) is 0 Å². The average Bonchev–Trinajstić information content (AvgIpc) is 2.12. The molecule has 0 saturated heterocycles. The summed E-state index contributed by atoms with van der Waals surface area (Å²) in [5, 5.41) is 0. The van der Waals surface area contributed by atoms with E-state index in [1.54, 1.807) is 0 Å². The van der Waals surface area contributed by atoms with Gasteiger partial charge in [0.1, 0.15) is 0 Å². The maximum absolute atomic E-state index is 4.47. The number of nitrogens with zero attached hydrogens (tertiary/aromatic N) is 2. The van der Waals surface area contributed by atoms with E-state index in [9.17, 15) is 0 Å². The van der Waals surface area contributed by atoms with Gasteiger partial charge in [0.05, 0.1) is 5.84 Å². The van der Waals surface area contributed by atoms with E-state index >= 15 is 0 Å². The van der Waals surface area contributed by atoms with Crippen LogP contribution in [-0.4, -0.2) is 31.4 Å². The van der Waals surface area contributed by atoms with Gasteiger partial charge in [0.15, 0.2) is 0 Å². The number of rotatable bonds is 0. The molecule has 0 aromatic carbocycles. The van der Waals surface area contributed by atoms with Crippen LogP contribution in [-0.2, 0) is 0 Å². The Labute approximate surface area is 75.1 Å². The Bertz CT molecular complexity index is 132. The molecular weight excluding hydrogens is 160 g/mol. The first-order valence-corrected chi connectivity index (χ1v) is 4.01. The molecule has 66 valence electrons. The predicted octanol–water partition coefficient (Wildman–Crippen LogP) is 1.94. The minimum absolute atomic E-state index is 0. The SMILES string of the molecule is CN(C)C1=NCCCCC1.Cl. The van der Waals surface area contributed by atoms with Crippen molar-refractivity contribution in [3.8, 4) is 0 Å². The minimum atomic E-state index is 0. The third kappa shape index (κ3) is 3.61. The van der Waals surface area contributed by atoms with Crippen LogP contribution in [0.1, 0.15) is 25.7 Å². The second kappa shape index (κ2) is 5.42. The summed E-state index contributed by atoms with van der Waals surface area (Å²) in [6, 6.07) is 0. The molecule has 1 heterocycles. The Morgan fingerprint density at radius 2 is 1.91 bits per heavy atom. The van der Waals surface area contributed by atoms with E-state index in [0.29, 0.717) is 0 Å². The molecule has 0 unspecified atom stereocenters. The Kier molecular flexibility index (Phi) is 5.30. The highest BCUT2D eigenvalue weighted by atomic mass is 35.5. The van der Waals surface area contributed by atoms with Crippen LogP contribution in [0.15, 0.2) is 4.99 Å². The summed E-state index contributed by atoms with van der Waals surface area (Å²) in [7, 11) is 4.15. The van der Waals surface area contributed by atoms with Gasteiger partial charge in [-0.2, -0.15) is 0 Å². The molecule has 0 radical (unpaired) electrons. The van der Waals surface area contributed by atoms with E-state index in [1.165, 1.54) is 31.5 Å². The number of hydrogen-bond acceptors (Lipinski definition) is 2. The van der Waals surface area contributed by atoms with Crippen LogP contribution in [0, 0.1) is 0 Å². The summed E-state index contributed by atoms with van der Waals surface area (Å²) >= 11 is 0. The first-order valence-electron chi connectivity index (χ1n) is 4.01. The molecule has 0 atom stereocenters. The lowest BCUT2D eigenvalue weighted by molar-refractivity contribution is 0.598. The number of halogens is 1. The highest BCUT2D eigenvalue weighted by Gasteiger charge is 2.04. The van der Waals surface area contributed by atoms with Crippen LogP contribution in [0.5, 0.6) is 0 Å². The normalized spacial score (nSPS) is 17.8. The Balaban J connectivity index is 0.000001000. The summed E-state index contributed by atoms with van der Waals surface area (Å²) in [6.07, 6.45) is 5.11. The third-order valence-corrected chi connectivity index (χ3v) is 1.87. The van der Waals surface area contributed by atoms with Crippen LogP contribution in [0.2, 0.25) is 0 Å². The molecular formula is C8H17ClN2. The van der Waals surface area contributed by atoms with Crippen molar-refractivity contribution < 1.29 is 0 Å². The van der Waals surface area contributed by atoms with Gasteiger partial charge in [0, 0.05) is 27.1 Å². The highest BCUT2D eigenvalue weighted by Crippen LogP contribution is 2.07. The van der Waals surface area contributed by atoms with Crippen LogP contribution in [0.25, 0.3) is 0 Å². The van der Waals surface area contributed by atoms with Crippen LogP contribution >= 0.6 is 12.4 Å². The fourth-order valence-corrected chi connectivity index (χ4v) is 1.22. The van der Waals surface area contributed by atoms with E-state index in [4.69, 9.17) is 0 Å². The lowest BCUT2D eigenvalue weighted by Crippen LogP contribution is -2.21. The van der Waals surface area contributed by atoms with E-state index in [-0.39, 0.29) is 12.4 Å². The molecule has 0 saturated carbocycles. The number of aliphatic imine (C=N–C) groups is 1. The standard InChI is InChI=1S/C8H16N2.ClH/c1-10(2)8-6-4-3-5-7-9-8;/h3-7H2,1-2H3;1H. The summed E-state index contributed by atoms with van der Waals surface area (Å²) < 4.78 is 0. The topological polar surface area (TPSA) is 15.6 Å². The molecule has 1 rings (SSSR count). The van der Waals surface area contributed by atoms with Crippen LogP contribution in [0.3, 0.4) is 0 Å². The Morgan fingerprint density at radius 3 is 2.55 bits per heavy atom. The molecule has 0 amide bonds. The second-order valence-electron chi connectivity index (χ2n) is 3.00. The second-order valence-corrected chi connectivity index (χ2v) is 3.00. The summed E-state index contributed by atoms with van der Waals surface area (Å²) in [5.74, 6) is 1.28. The van der Waals surface area contributed by atoms with E-state index in [2.05, 4.69) is 24.0 Å². The molecule has 0 N–H and O–H groups in total. The van der Waals surface area contributed by atoms with Gasteiger partial charge in [-0.3, -0.25) is 4.99 Å². The summed E-state index contributed by atoms with van der Waals surface area (Å²) in [5.41, 5.74) is 0. The van der Waals surface area contributed by atoms with E-state index in [1.807, 2.05) is 0 Å². The van der Waals surface area contributed by atoms with Crippen molar-refractivity contribution in [2.24, 2.45) is 4.99 Å². The molecule has 1 aliphatic heterocycles. The van der Waals surface area contributed by atoms with Crippen molar-refractivity contribution in [2.75, 3.05) is 20.6 Å². The zero-order chi connectivity index (χ0) is 7.40. The molecule has 3 heteroatoms. The zero-order valence-corrected chi connectivity index (χ0v) is 8.15. The maximum Gasteiger partial charge on any atom is 0.0983 e.